The number of morpholine rings is 1. The van der Waals surface area contributed by atoms with Gasteiger partial charge in [0.05, 0.1) is 13.2 Å². The molecule has 4 rings (SSSR count). The third-order valence-electron chi connectivity index (χ3n) is 4.11. The van der Waals surface area contributed by atoms with Crippen LogP contribution in [-0.2, 0) is 16.1 Å². The van der Waals surface area contributed by atoms with E-state index in [1.165, 1.54) is 0 Å². The molecule has 0 bridgehead atoms. The van der Waals surface area contributed by atoms with Crippen LogP contribution < -0.4 is 0 Å². The SMILES string of the molecule is O=C(OCc1ccccc1)N1CCO[C@H](c2nc3cccnc3[nH]2)C1. The number of aromatic nitrogens is 3. The number of hydrogen-bond donors (Lipinski definition) is 1. The first kappa shape index (κ1) is 15.6. The summed E-state index contributed by atoms with van der Waals surface area (Å²) in [6, 6.07) is 13.3. The molecular formula is C18H18N4O3. The third-order valence-corrected chi connectivity index (χ3v) is 4.11. The molecule has 0 saturated carbocycles. The molecule has 7 heteroatoms. The van der Waals surface area contributed by atoms with Crippen molar-refractivity contribution in [2.75, 3.05) is 19.7 Å². The lowest BCUT2D eigenvalue weighted by Gasteiger charge is -2.31. The van der Waals surface area contributed by atoms with Gasteiger partial charge in [-0.25, -0.2) is 14.8 Å². The number of imidazole rings is 1. The molecule has 0 aliphatic carbocycles. The lowest BCUT2D eigenvalue weighted by atomic mass is 10.2. The Morgan fingerprint density at radius 2 is 2.16 bits per heavy atom. The average Bonchev–Trinajstić information content (AvgIpc) is 3.11. The van der Waals surface area contributed by atoms with Crippen molar-refractivity contribution in [1.82, 2.24) is 19.9 Å². The molecule has 3 aromatic rings. The van der Waals surface area contributed by atoms with Crippen molar-refractivity contribution in [3.05, 3.63) is 60.0 Å². The van der Waals surface area contributed by atoms with Gasteiger partial charge in [-0.2, -0.15) is 0 Å². The first-order chi connectivity index (χ1) is 12.3. The lowest BCUT2D eigenvalue weighted by Crippen LogP contribution is -2.42. The topological polar surface area (TPSA) is 80.3 Å². The number of hydrogen-bond acceptors (Lipinski definition) is 5. The third kappa shape index (κ3) is 3.46. The Morgan fingerprint density at radius 3 is 3.00 bits per heavy atom. The van der Waals surface area contributed by atoms with Crippen molar-refractivity contribution in [2.24, 2.45) is 0 Å². The highest BCUT2D eigenvalue weighted by Crippen LogP contribution is 2.22. The van der Waals surface area contributed by atoms with Crippen molar-refractivity contribution >= 4 is 17.3 Å². The molecule has 1 aromatic carbocycles. The predicted octanol–water partition coefficient (Wildman–Crippen LogP) is 2.67. The van der Waals surface area contributed by atoms with Crippen molar-refractivity contribution in [1.29, 1.82) is 0 Å². The number of ether oxygens (including phenoxy) is 2. The van der Waals surface area contributed by atoms with Crippen LogP contribution in [0.15, 0.2) is 48.7 Å². The fourth-order valence-corrected chi connectivity index (χ4v) is 2.81. The number of amides is 1. The van der Waals surface area contributed by atoms with Gasteiger partial charge in [0, 0.05) is 12.7 Å². The number of rotatable bonds is 3. The monoisotopic (exact) mass is 338 g/mol. The molecule has 1 aliphatic heterocycles. The van der Waals surface area contributed by atoms with Crippen LogP contribution in [-0.4, -0.2) is 45.6 Å². The smallest absolute Gasteiger partial charge is 0.410 e. The molecule has 7 nitrogen and oxygen atoms in total. The van der Waals surface area contributed by atoms with Gasteiger partial charge < -0.3 is 19.4 Å². The maximum absolute atomic E-state index is 12.3. The molecule has 1 fully saturated rings. The standard InChI is InChI=1S/C18H18N4O3/c23-18(25-12-13-5-2-1-3-6-13)22-9-10-24-15(11-22)17-20-14-7-4-8-19-16(14)21-17/h1-8,15H,9-12H2,(H,19,20,21)/t15-/m0/s1. The van der Waals surface area contributed by atoms with Gasteiger partial charge in [-0.1, -0.05) is 30.3 Å². The van der Waals surface area contributed by atoms with Gasteiger partial charge in [0.25, 0.3) is 0 Å². The van der Waals surface area contributed by atoms with Gasteiger partial charge in [0.15, 0.2) is 5.65 Å². The number of carbonyl (C=O) groups is 1. The largest absolute Gasteiger partial charge is 0.445 e. The lowest BCUT2D eigenvalue weighted by molar-refractivity contribution is -0.0330. The van der Waals surface area contributed by atoms with Gasteiger partial charge >= 0.3 is 6.09 Å². The van der Waals surface area contributed by atoms with E-state index in [1.54, 1.807) is 11.1 Å². The van der Waals surface area contributed by atoms with E-state index in [4.69, 9.17) is 9.47 Å². The quantitative estimate of drug-likeness (QED) is 0.794. The van der Waals surface area contributed by atoms with Crippen molar-refractivity contribution in [3.63, 3.8) is 0 Å². The van der Waals surface area contributed by atoms with Gasteiger partial charge in [-0.05, 0) is 17.7 Å². The van der Waals surface area contributed by atoms with E-state index in [0.717, 1.165) is 11.1 Å². The number of fused-ring (bicyclic) bond motifs is 1. The van der Waals surface area contributed by atoms with Crippen LogP contribution in [0, 0.1) is 0 Å². The number of aromatic amines is 1. The molecular weight excluding hydrogens is 320 g/mol. The second kappa shape index (κ2) is 6.90. The van der Waals surface area contributed by atoms with Crippen molar-refractivity contribution in [2.45, 2.75) is 12.7 Å². The Kier molecular flexibility index (Phi) is 4.30. The Morgan fingerprint density at radius 1 is 1.28 bits per heavy atom. The molecule has 128 valence electrons. The fraction of sp³-hybridized carbons (Fsp3) is 0.278. The zero-order valence-corrected chi connectivity index (χ0v) is 13.6. The molecule has 1 amide bonds. The van der Waals surface area contributed by atoms with Gasteiger partial charge in [-0.3, -0.25) is 0 Å². The molecule has 0 radical (unpaired) electrons. The van der Waals surface area contributed by atoms with E-state index in [-0.39, 0.29) is 18.8 Å². The average molecular weight is 338 g/mol. The number of pyridine rings is 1. The summed E-state index contributed by atoms with van der Waals surface area (Å²) in [5.41, 5.74) is 2.46. The fourth-order valence-electron chi connectivity index (χ4n) is 2.81. The molecule has 1 aliphatic rings. The molecule has 3 heterocycles. The molecule has 0 unspecified atom stereocenters. The van der Waals surface area contributed by atoms with E-state index in [0.29, 0.717) is 31.2 Å². The number of benzene rings is 1. The maximum Gasteiger partial charge on any atom is 0.410 e. The Bertz CT molecular complexity index is 832. The summed E-state index contributed by atoms with van der Waals surface area (Å²) < 4.78 is 11.2. The zero-order valence-electron chi connectivity index (χ0n) is 13.6. The normalized spacial score (nSPS) is 17.6. The van der Waals surface area contributed by atoms with Crippen molar-refractivity contribution in [3.8, 4) is 0 Å². The van der Waals surface area contributed by atoms with Crippen LogP contribution in [0.5, 0.6) is 0 Å². The highest BCUT2D eigenvalue weighted by molar-refractivity contribution is 5.70. The zero-order chi connectivity index (χ0) is 17.1. The number of H-pyrrole nitrogens is 1. The van der Waals surface area contributed by atoms with Gasteiger partial charge in [0.1, 0.15) is 24.1 Å². The Hall–Kier alpha value is -2.93. The summed E-state index contributed by atoms with van der Waals surface area (Å²) in [6.07, 6.45) is 1.05. The van der Waals surface area contributed by atoms with Crippen LogP contribution >= 0.6 is 0 Å². The molecule has 2 aromatic heterocycles. The molecule has 0 spiro atoms. The second-order valence-corrected chi connectivity index (χ2v) is 5.84. The minimum absolute atomic E-state index is 0.260. The maximum atomic E-state index is 12.3. The van der Waals surface area contributed by atoms with Crippen LogP contribution in [0.3, 0.4) is 0 Å². The van der Waals surface area contributed by atoms with Crippen molar-refractivity contribution < 1.29 is 14.3 Å². The van der Waals surface area contributed by atoms with Crippen LogP contribution in [0.4, 0.5) is 4.79 Å². The highest BCUT2D eigenvalue weighted by atomic mass is 16.6. The molecule has 1 N–H and O–H groups in total. The summed E-state index contributed by atoms with van der Waals surface area (Å²) in [4.78, 5) is 25.9. The molecule has 1 atom stereocenters. The predicted molar refractivity (Wildman–Crippen MR) is 90.8 cm³/mol. The Labute approximate surface area is 144 Å². The van der Waals surface area contributed by atoms with E-state index in [2.05, 4.69) is 15.0 Å². The second-order valence-electron chi connectivity index (χ2n) is 5.84. The highest BCUT2D eigenvalue weighted by Gasteiger charge is 2.28. The summed E-state index contributed by atoms with van der Waals surface area (Å²) in [6.45, 7) is 1.60. The molecule has 25 heavy (non-hydrogen) atoms. The number of nitrogens with one attached hydrogen (secondary N) is 1. The molecule has 1 saturated heterocycles. The van der Waals surface area contributed by atoms with E-state index in [9.17, 15) is 4.79 Å². The number of nitrogens with zero attached hydrogens (tertiary/aromatic N) is 3. The van der Waals surface area contributed by atoms with Gasteiger partial charge in [0.2, 0.25) is 0 Å². The first-order valence-corrected chi connectivity index (χ1v) is 8.17. The van der Waals surface area contributed by atoms with Crippen LogP contribution in [0.25, 0.3) is 11.2 Å². The summed E-state index contributed by atoms with van der Waals surface area (Å²) >= 11 is 0. The minimum atomic E-state index is -0.341. The van der Waals surface area contributed by atoms with E-state index >= 15 is 0 Å². The summed E-state index contributed by atoms with van der Waals surface area (Å²) in [7, 11) is 0. The Balaban J connectivity index is 1.41. The summed E-state index contributed by atoms with van der Waals surface area (Å²) in [5, 5.41) is 0. The van der Waals surface area contributed by atoms with E-state index in [1.807, 2.05) is 42.5 Å². The minimum Gasteiger partial charge on any atom is -0.445 e. The first-order valence-electron chi connectivity index (χ1n) is 8.17. The number of carbonyl (C=O) groups excluding carboxylic acids is 1. The summed E-state index contributed by atoms with van der Waals surface area (Å²) in [5.74, 6) is 0.675. The van der Waals surface area contributed by atoms with Crippen LogP contribution in [0.1, 0.15) is 17.5 Å². The van der Waals surface area contributed by atoms with Crippen LogP contribution in [0.2, 0.25) is 0 Å². The van der Waals surface area contributed by atoms with E-state index < -0.39 is 0 Å². The van der Waals surface area contributed by atoms with Gasteiger partial charge in [-0.15, -0.1) is 0 Å².